The first-order valence-corrected chi connectivity index (χ1v) is 11.8. The SMILES string of the molecule is CC1=C/C=C/[C@@H](O)[C@H](O)[C@H](O)C(=O)\C=C/C=C\C(C)=C\C=C\[C@H]2[C@H](O)[C@@H](C)CN2C(=O)CC(=O)\C=C\1. The fraction of sp³-hybridized carbons (Fsp3) is 0.393. The summed E-state index contributed by atoms with van der Waals surface area (Å²) in [6, 6.07) is -0.553. The third-order valence-electron chi connectivity index (χ3n) is 5.99. The number of carbonyl (C=O) groups excluding carboxylic acids is 3. The molecule has 0 bridgehead atoms. The zero-order valence-electron chi connectivity index (χ0n) is 20.8. The molecule has 1 saturated heterocycles. The Morgan fingerprint density at radius 3 is 2.08 bits per heavy atom. The summed E-state index contributed by atoms with van der Waals surface area (Å²) in [7, 11) is 0. The Morgan fingerprint density at radius 2 is 1.39 bits per heavy atom. The number of hydrogen-bond donors (Lipinski definition) is 4. The molecule has 0 radical (unpaired) electrons. The largest absolute Gasteiger partial charge is 0.390 e. The lowest BCUT2D eigenvalue weighted by atomic mass is 10.0. The summed E-state index contributed by atoms with van der Waals surface area (Å²) < 4.78 is 0. The van der Waals surface area contributed by atoms with Gasteiger partial charge >= 0.3 is 0 Å². The molecule has 0 aromatic carbocycles. The molecule has 0 unspecified atom stereocenters. The molecule has 0 aliphatic carbocycles. The fourth-order valence-corrected chi connectivity index (χ4v) is 3.76. The number of hydrogen-bond acceptors (Lipinski definition) is 7. The van der Waals surface area contributed by atoms with Crippen LogP contribution in [0.3, 0.4) is 0 Å². The highest BCUT2D eigenvalue weighted by atomic mass is 16.4. The summed E-state index contributed by atoms with van der Waals surface area (Å²) in [6.45, 7) is 5.71. The number of amides is 1. The first-order chi connectivity index (χ1) is 17.0. The molecule has 8 nitrogen and oxygen atoms in total. The molecule has 194 valence electrons. The smallest absolute Gasteiger partial charge is 0.230 e. The molecule has 1 fully saturated rings. The van der Waals surface area contributed by atoms with Gasteiger partial charge in [0.1, 0.15) is 18.3 Å². The van der Waals surface area contributed by atoms with Crippen molar-refractivity contribution in [2.45, 2.75) is 57.6 Å². The lowest BCUT2D eigenvalue weighted by Crippen LogP contribution is -2.40. The minimum atomic E-state index is -1.81. The second kappa shape index (κ2) is 13.8. The average Bonchev–Trinajstić information content (AvgIpc) is 3.12. The number of ketones is 2. The molecule has 0 aromatic heterocycles. The molecule has 0 saturated carbocycles. The van der Waals surface area contributed by atoms with Gasteiger partial charge < -0.3 is 25.3 Å². The van der Waals surface area contributed by atoms with Gasteiger partial charge in [0.15, 0.2) is 11.6 Å². The highest BCUT2D eigenvalue weighted by Crippen LogP contribution is 2.25. The minimum Gasteiger partial charge on any atom is -0.390 e. The Labute approximate surface area is 211 Å². The van der Waals surface area contributed by atoms with Gasteiger partial charge in [0.2, 0.25) is 5.91 Å². The number of nitrogens with zero attached hydrogens (tertiary/aromatic N) is 1. The molecule has 2 aliphatic rings. The Morgan fingerprint density at radius 1 is 0.778 bits per heavy atom. The third kappa shape index (κ3) is 8.49. The predicted octanol–water partition coefficient (Wildman–Crippen LogP) is 1.49. The van der Waals surface area contributed by atoms with Crippen LogP contribution in [-0.4, -0.2) is 79.8 Å². The van der Waals surface area contributed by atoms with Crippen LogP contribution in [0.2, 0.25) is 0 Å². The second-order valence-corrected chi connectivity index (χ2v) is 9.12. The van der Waals surface area contributed by atoms with Crippen molar-refractivity contribution in [3.05, 3.63) is 84.1 Å². The van der Waals surface area contributed by atoms with Crippen LogP contribution in [0.25, 0.3) is 0 Å². The number of rotatable bonds is 0. The van der Waals surface area contributed by atoms with Gasteiger partial charge in [-0.15, -0.1) is 0 Å². The van der Waals surface area contributed by atoms with Crippen molar-refractivity contribution in [1.82, 2.24) is 4.90 Å². The van der Waals surface area contributed by atoms with E-state index in [1.54, 1.807) is 43.4 Å². The molecule has 0 spiro atoms. The highest BCUT2D eigenvalue weighted by Gasteiger charge is 2.39. The predicted molar refractivity (Wildman–Crippen MR) is 137 cm³/mol. The number of allylic oxidation sites excluding steroid dienone is 11. The summed E-state index contributed by atoms with van der Waals surface area (Å²) in [5, 5.41) is 40.7. The molecule has 36 heavy (non-hydrogen) atoms. The monoisotopic (exact) mass is 497 g/mol. The summed E-state index contributed by atoms with van der Waals surface area (Å²) in [6.07, 6.45) is 11.9. The third-order valence-corrected chi connectivity index (χ3v) is 5.99. The van der Waals surface area contributed by atoms with Crippen molar-refractivity contribution < 1.29 is 34.8 Å². The quantitative estimate of drug-likeness (QED) is 0.373. The number of fused-ring (bicyclic) bond motifs is 1. The Bertz CT molecular complexity index is 1030. The maximum Gasteiger partial charge on any atom is 0.230 e. The first-order valence-electron chi connectivity index (χ1n) is 11.8. The van der Waals surface area contributed by atoms with Gasteiger partial charge in [-0.25, -0.2) is 0 Å². The minimum absolute atomic E-state index is 0.137. The van der Waals surface area contributed by atoms with Crippen LogP contribution in [0.4, 0.5) is 0 Å². The van der Waals surface area contributed by atoms with Gasteiger partial charge in [0.25, 0.3) is 0 Å². The summed E-state index contributed by atoms with van der Waals surface area (Å²) in [5.41, 5.74) is 1.44. The van der Waals surface area contributed by atoms with E-state index in [1.807, 2.05) is 13.8 Å². The van der Waals surface area contributed by atoms with Crippen LogP contribution in [0.15, 0.2) is 84.1 Å². The van der Waals surface area contributed by atoms with Crippen LogP contribution in [0, 0.1) is 5.92 Å². The van der Waals surface area contributed by atoms with Gasteiger partial charge in [-0.1, -0.05) is 78.8 Å². The fourth-order valence-electron chi connectivity index (χ4n) is 3.76. The van der Waals surface area contributed by atoms with Crippen molar-refractivity contribution in [2.75, 3.05) is 6.54 Å². The van der Waals surface area contributed by atoms with E-state index in [4.69, 9.17) is 0 Å². The van der Waals surface area contributed by atoms with Gasteiger partial charge in [-0.05, 0) is 26.0 Å². The Hall–Kier alpha value is -3.17. The second-order valence-electron chi connectivity index (χ2n) is 9.12. The number of aliphatic hydroxyl groups is 4. The zero-order chi connectivity index (χ0) is 26.8. The molecular weight excluding hydrogens is 462 g/mol. The van der Waals surface area contributed by atoms with E-state index in [0.29, 0.717) is 12.1 Å². The maximum absolute atomic E-state index is 12.8. The molecule has 6 atom stereocenters. The van der Waals surface area contributed by atoms with Gasteiger partial charge in [-0.3, -0.25) is 14.4 Å². The summed E-state index contributed by atoms with van der Waals surface area (Å²) >= 11 is 0. The molecule has 0 aromatic rings. The zero-order valence-corrected chi connectivity index (χ0v) is 20.8. The van der Waals surface area contributed by atoms with Gasteiger partial charge in [0, 0.05) is 12.5 Å². The van der Waals surface area contributed by atoms with E-state index < -0.39 is 42.0 Å². The van der Waals surface area contributed by atoms with E-state index in [1.165, 1.54) is 35.3 Å². The molecule has 2 rings (SSSR count). The molecule has 1 amide bonds. The molecule has 8 heteroatoms. The van der Waals surface area contributed by atoms with Gasteiger partial charge in [0.05, 0.1) is 18.6 Å². The van der Waals surface area contributed by atoms with Crippen LogP contribution in [0.1, 0.15) is 27.2 Å². The van der Waals surface area contributed by atoms with Crippen molar-refractivity contribution in [3.8, 4) is 0 Å². The summed E-state index contributed by atoms with van der Waals surface area (Å²) in [5.74, 6) is -1.66. The molecule has 2 aliphatic heterocycles. The molecule has 4 N–H and O–H groups in total. The van der Waals surface area contributed by atoms with Crippen molar-refractivity contribution in [1.29, 1.82) is 0 Å². The van der Waals surface area contributed by atoms with Crippen LogP contribution < -0.4 is 0 Å². The van der Waals surface area contributed by atoms with E-state index in [-0.39, 0.29) is 18.2 Å². The van der Waals surface area contributed by atoms with E-state index in [2.05, 4.69) is 0 Å². The lowest BCUT2D eigenvalue weighted by molar-refractivity contribution is -0.135. The van der Waals surface area contributed by atoms with Crippen LogP contribution in [-0.2, 0) is 14.4 Å². The summed E-state index contributed by atoms with van der Waals surface area (Å²) in [4.78, 5) is 38.8. The maximum atomic E-state index is 12.8. The van der Waals surface area contributed by atoms with E-state index >= 15 is 0 Å². The lowest BCUT2D eigenvalue weighted by Gasteiger charge is -2.23. The van der Waals surface area contributed by atoms with Gasteiger partial charge in [-0.2, -0.15) is 0 Å². The van der Waals surface area contributed by atoms with Crippen molar-refractivity contribution >= 4 is 17.5 Å². The van der Waals surface area contributed by atoms with E-state index in [0.717, 1.165) is 11.6 Å². The topological polar surface area (TPSA) is 135 Å². The highest BCUT2D eigenvalue weighted by molar-refractivity contribution is 6.04. The van der Waals surface area contributed by atoms with E-state index in [9.17, 15) is 34.8 Å². The Balaban J connectivity index is 2.33. The first kappa shape index (κ1) is 29.1. The van der Waals surface area contributed by atoms with Crippen LogP contribution >= 0.6 is 0 Å². The number of carbonyl (C=O) groups is 3. The van der Waals surface area contributed by atoms with Crippen LogP contribution in [0.5, 0.6) is 0 Å². The number of aliphatic hydroxyl groups excluding tert-OH is 4. The standard InChI is InChI=1S/C28H35NO7/c1-18-8-4-5-12-23(31)27(35)28(36)24(32)13-7-10-19(2)14-15-21(30)16-25(33)29-17-20(3)26(34)22(29)11-6-9-18/h4-15,20,22,24,26-28,32,34-36H,16-17H2,1-3H3/b8-4-,11-6+,12-5-,13-7+,15-14+,18-9+,19-10-/t20-,22-,24+,26+,27+,28-/m0/s1. The normalized spacial score (nSPS) is 38.8. The Kier molecular flexibility index (Phi) is 11.1. The average molecular weight is 498 g/mol. The molecule has 2 heterocycles. The van der Waals surface area contributed by atoms with Crippen molar-refractivity contribution in [3.63, 3.8) is 0 Å². The van der Waals surface area contributed by atoms with Crippen molar-refractivity contribution in [2.24, 2.45) is 5.92 Å². The molecular formula is C28H35NO7.